The third-order valence-corrected chi connectivity index (χ3v) is 5.42. The van der Waals surface area contributed by atoms with Gasteiger partial charge in [0, 0.05) is 23.0 Å². The minimum absolute atomic E-state index is 0.162. The summed E-state index contributed by atoms with van der Waals surface area (Å²) in [6.45, 7) is 8.29. The Morgan fingerprint density at radius 3 is 2.43 bits per heavy atom. The van der Waals surface area contributed by atoms with Gasteiger partial charge in [-0.05, 0) is 24.6 Å². The van der Waals surface area contributed by atoms with Gasteiger partial charge in [0.1, 0.15) is 5.69 Å². The summed E-state index contributed by atoms with van der Waals surface area (Å²) in [4.78, 5) is 12.8. The quantitative estimate of drug-likeness (QED) is 0.442. The van der Waals surface area contributed by atoms with Crippen molar-refractivity contribution in [3.63, 3.8) is 0 Å². The van der Waals surface area contributed by atoms with Crippen LogP contribution in [0.25, 0.3) is 33.9 Å². The molecule has 0 radical (unpaired) electrons. The van der Waals surface area contributed by atoms with Crippen LogP contribution in [0.2, 0.25) is 10.0 Å². The minimum atomic E-state index is -0.162. The zero-order chi connectivity index (χ0) is 20.2. The predicted octanol–water partition coefficient (Wildman–Crippen LogP) is 5.94. The van der Waals surface area contributed by atoms with Crippen molar-refractivity contribution in [2.45, 2.75) is 33.1 Å². The van der Waals surface area contributed by atoms with Crippen LogP contribution in [-0.4, -0.2) is 24.7 Å². The molecule has 4 aromatic rings. The van der Waals surface area contributed by atoms with E-state index in [-0.39, 0.29) is 5.41 Å². The van der Waals surface area contributed by atoms with Crippen LogP contribution < -0.4 is 0 Å². The van der Waals surface area contributed by atoms with E-state index in [2.05, 4.69) is 30.9 Å². The highest BCUT2D eigenvalue weighted by Gasteiger charge is 2.27. The number of rotatable bonds is 2. The summed E-state index contributed by atoms with van der Waals surface area (Å²) in [5, 5.41) is 5.88. The number of halogens is 2. The second kappa shape index (κ2) is 6.61. The fourth-order valence-electron chi connectivity index (χ4n) is 3.30. The molecule has 1 aromatic carbocycles. The van der Waals surface area contributed by atoms with Crippen molar-refractivity contribution in [2.75, 3.05) is 0 Å². The standard InChI is InChI=1S/C21H21Cl2N5/c1-11-10-14(12-8-6-7-9-13(12)22)24-19-16(11)25-20(26-19)17-15(23)18(21(2,3)4)27-28(17)5/h6-10H,1-5H3,(H,24,25,26). The first kappa shape index (κ1) is 19.0. The van der Waals surface area contributed by atoms with Gasteiger partial charge in [-0.15, -0.1) is 0 Å². The average Bonchev–Trinajstić information content (AvgIpc) is 3.15. The lowest BCUT2D eigenvalue weighted by Crippen LogP contribution is -2.12. The van der Waals surface area contributed by atoms with Gasteiger partial charge in [-0.3, -0.25) is 4.68 Å². The van der Waals surface area contributed by atoms with Crippen molar-refractivity contribution in [3.8, 4) is 22.8 Å². The molecule has 0 spiro atoms. The summed E-state index contributed by atoms with van der Waals surface area (Å²) >= 11 is 13.0. The number of hydrogen-bond acceptors (Lipinski definition) is 3. The molecule has 0 amide bonds. The molecule has 0 atom stereocenters. The van der Waals surface area contributed by atoms with Gasteiger partial charge in [0.15, 0.2) is 11.5 Å². The molecule has 144 valence electrons. The van der Waals surface area contributed by atoms with Crippen LogP contribution >= 0.6 is 23.2 Å². The molecule has 0 bridgehead atoms. The van der Waals surface area contributed by atoms with E-state index in [1.807, 2.05) is 44.3 Å². The van der Waals surface area contributed by atoms with Crippen molar-refractivity contribution in [3.05, 3.63) is 51.6 Å². The Kier molecular flexibility index (Phi) is 4.47. The Morgan fingerprint density at radius 1 is 1.07 bits per heavy atom. The first-order valence-corrected chi connectivity index (χ1v) is 9.78. The molecule has 0 aliphatic heterocycles. The van der Waals surface area contributed by atoms with Crippen LogP contribution in [0.1, 0.15) is 32.0 Å². The largest absolute Gasteiger partial charge is 0.335 e. The highest BCUT2D eigenvalue weighted by atomic mass is 35.5. The van der Waals surface area contributed by atoms with Gasteiger partial charge < -0.3 is 4.98 Å². The SMILES string of the molecule is Cc1cc(-c2ccccc2Cl)nc2nc(-c3c(Cl)c(C(C)(C)C)nn3C)[nH]c12. The van der Waals surface area contributed by atoms with Gasteiger partial charge in [0.05, 0.1) is 21.9 Å². The number of pyridine rings is 1. The molecule has 0 aliphatic rings. The molecule has 3 aromatic heterocycles. The van der Waals surface area contributed by atoms with Crippen molar-refractivity contribution in [2.24, 2.45) is 7.05 Å². The Balaban J connectivity index is 1.89. The van der Waals surface area contributed by atoms with Crippen LogP contribution in [-0.2, 0) is 12.5 Å². The van der Waals surface area contributed by atoms with Gasteiger partial charge in [0.25, 0.3) is 0 Å². The molecule has 3 heterocycles. The fourth-order valence-corrected chi connectivity index (χ4v) is 4.06. The lowest BCUT2D eigenvalue weighted by Gasteiger charge is -2.15. The number of imidazole rings is 1. The highest BCUT2D eigenvalue weighted by molar-refractivity contribution is 6.34. The molecule has 0 fully saturated rings. The summed E-state index contributed by atoms with van der Waals surface area (Å²) in [7, 11) is 1.87. The van der Waals surface area contributed by atoms with E-state index in [1.54, 1.807) is 4.68 Å². The third-order valence-electron chi connectivity index (χ3n) is 4.73. The topological polar surface area (TPSA) is 59.4 Å². The minimum Gasteiger partial charge on any atom is -0.335 e. The van der Waals surface area contributed by atoms with E-state index in [9.17, 15) is 0 Å². The Bertz CT molecular complexity index is 1200. The van der Waals surface area contributed by atoms with Gasteiger partial charge >= 0.3 is 0 Å². The number of aryl methyl sites for hydroxylation is 2. The number of fused-ring (bicyclic) bond motifs is 1. The van der Waals surface area contributed by atoms with E-state index in [1.165, 1.54) is 0 Å². The number of aromatic amines is 1. The number of hydrogen-bond donors (Lipinski definition) is 1. The van der Waals surface area contributed by atoms with Gasteiger partial charge in [-0.25, -0.2) is 9.97 Å². The maximum Gasteiger partial charge on any atom is 0.179 e. The summed E-state index contributed by atoms with van der Waals surface area (Å²) in [6, 6.07) is 9.68. The predicted molar refractivity (Wildman–Crippen MR) is 115 cm³/mol. The highest BCUT2D eigenvalue weighted by Crippen LogP contribution is 2.36. The summed E-state index contributed by atoms with van der Waals surface area (Å²) in [6.07, 6.45) is 0. The second-order valence-electron chi connectivity index (χ2n) is 7.97. The van der Waals surface area contributed by atoms with Gasteiger partial charge in [0.2, 0.25) is 0 Å². The Hall–Kier alpha value is -2.37. The van der Waals surface area contributed by atoms with E-state index in [0.717, 1.165) is 33.7 Å². The monoisotopic (exact) mass is 413 g/mol. The van der Waals surface area contributed by atoms with Crippen LogP contribution in [0.5, 0.6) is 0 Å². The number of aromatic nitrogens is 5. The molecule has 7 heteroatoms. The molecule has 0 aliphatic carbocycles. The van der Waals surface area contributed by atoms with Crippen LogP contribution in [0.3, 0.4) is 0 Å². The summed E-state index contributed by atoms with van der Waals surface area (Å²) in [5.41, 5.74) is 5.64. The van der Waals surface area contributed by atoms with Gasteiger partial charge in [-0.1, -0.05) is 62.2 Å². The maximum atomic E-state index is 6.68. The van der Waals surface area contributed by atoms with Crippen molar-refractivity contribution >= 4 is 34.4 Å². The Morgan fingerprint density at radius 2 is 1.79 bits per heavy atom. The molecule has 0 saturated heterocycles. The number of H-pyrrole nitrogens is 1. The lowest BCUT2D eigenvalue weighted by atomic mass is 9.92. The van der Waals surface area contributed by atoms with Crippen molar-refractivity contribution in [1.29, 1.82) is 0 Å². The van der Waals surface area contributed by atoms with Crippen LogP contribution in [0.4, 0.5) is 0 Å². The number of nitrogens with zero attached hydrogens (tertiary/aromatic N) is 4. The molecular formula is C21H21Cl2N5. The maximum absolute atomic E-state index is 6.68. The smallest absolute Gasteiger partial charge is 0.179 e. The lowest BCUT2D eigenvalue weighted by molar-refractivity contribution is 0.553. The average molecular weight is 414 g/mol. The zero-order valence-electron chi connectivity index (χ0n) is 16.4. The Labute approximate surface area is 173 Å². The molecule has 0 saturated carbocycles. The summed E-state index contributed by atoms with van der Waals surface area (Å²) in [5.74, 6) is 0.650. The van der Waals surface area contributed by atoms with E-state index >= 15 is 0 Å². The number of nitrogens with one attached hydrogen (secondary N) is 1. The van der Waals surface area contributed by atoms with E-state index in [0.29, 0.717) is 21.5 Å². The second-order valence-corrected chi connectivity index (χ2v) is 8.76. The van der Waals surface area contributed by atoms with Crippen molar-refractivity contribution in [1.82, 2.24) is 24.7 Å². The third kappa shape index (κ3) is 3.09. The van der Waals surface area contributed by atoms with Crippen LogP contribution in [0, 0.1) is 6.92 Å². The number of benzene rings is 1. The molecule has 28 heavy (non-hydrogen) atoms. The summed E-state index contributed by atoms with van der Waals surface area (Å²) < 4.78 is 1.77. The molecule has 4 rings (SSSR count). The first-order chi connectivity index (χ1) is 13.2. The van der Waals surface area contributed by atoms with Gasteiger partial charge in [-0.2, -0.15) is 5.10 Å². The van der Waals surface area contributed by atoms with E-state index in [4.69, 9.17) is 33.2 Å². The van der Waals surface area contributed by atoms with E-state index < -0.39 is 0 Å². The van der Waals surface area contributed by atoms with Crippen LogP contribution in [0.15, 0.2) is 30.3 Å². The molecule has 1 N–H and O–H groups in total. The molecular weight excluding hydrogens is 393 g/mol. The molecule has 5 nitrogen and oxygen atoms in total. The zero-order valence-corrected chi connectivity index (χ0v) is 17.9. The first-order valence-electron chi connectivity index (χ1n) is 9.02. The molecule has 0 unspecified atom stereocenters. The fraction of sp³-hybridized carbons (Fsp3) is 0.286. The normalized spacial score (nSPS) is 12.1. The van der Waals surface area contributed by atoms with Crippen molar-refractivity contribution < 1.29 is 0 Å².